The van der Waals surface area contributed by atoms with Crippen molar-refractivity contribution in [1.29, 1.82) is 0 Å². The number of aromatic amines is 1. The minimum absolute atomic E-state index is 0.0152. The van der Waals surface area contributed by atoms with Crippen LogP contribution in [-0.4, -0.2) is 19.3 Å². The van der Waals surface area contributed by atoms with Crippen LogP contribution in [0.3, 0.4) is 0 Å². The first-order chi connectivity index (χ1) is 10.1. The quantitative estimate of drug-likeness (QED) is 0.830. The first-order valence-electron chi connectivity index (χ1n) is 7.46. The fourth-order valence-corrected chi connectivity index (χ4v) is 2.49. The van der Waals surface area contributed by atoms with Crippen molar-refractivity contribution in [2.45, 2.75) is 52.6 Å². The Labute approximate surface area is 129 Å². The van der Waals surface area contributed by atoms with Gasteiger partial charge in [-0.2, -0.15) is 5.10 Å². The van der Waals surface area contributed by atoms with Gasteiger partial charge in [0.2, 0.25) is 0 Å². The molecule has 0 fully saturated rings. The van der Waals surface area contributed by atoms with Gasteiger partial charge in [0.1, 0.15) is 0 Å². The van der Waals surface area contributed by atoms with Gasteiger partial charge in [-0.05, 0) is 44.1 Å². The van der Waals surface area contributed by atoms with Crippen molar-refractivity contribution in [2.75, 3.05) is 0 Å². The van der Waals surface area contributed by atoms with Gasteiger partial charge < -0.3 is 9.13 Å². The molecule has 6 heteroatoms. The molecule has 21 heavy (non-hydrogen) atoms. The molecule has 0 spiro atoms. The summed E-state index contributed by atoms with van der Waals surface area (Å²) < 4.78 is 4.24. The van der Waals surface area contributed by atoms with Crippen LogP contribution in [0.5, 0.6) is 0 Å². The molecule has 5 nitrogen and oxygen atoms in total. The number of nitrogens with zero attached hydrogens (tertiary/aromatic N) is 3. The molecule has 1 unspecified atom stereocenters. The lowest BCUT2D eigenvalue weighted by Gasteiger charge is -2.14. The normalized spacial score (nSPS) is 12.5. The highest BCUT2D eigenvalue weighted by atomic mass is 32.1. The Balaban J connectivity index is 2.53. The lowest BCUT2D eigenvalue weighted by Crippen LogP contribution is -2.24. The molecule has 0 saturated carbocycles. The second-order valence-corrected chi connectivity index (χ2v) is 5.64. The second-order valence-electron chi connectivity index (χ2n) is 5.25. The highest BCUT2D eigenvalue weighted by Crippen LogP contribution is 2.16. The van der Waals surface area contributed by atoms with Gasteiger partial charge in [-0.1, -0.05) is 20.3 Å². The summed E-state index contributed by atoms with van der Waals surface area (Å²) >= 11 is 5.27. The summed E-state index contributed by atoms with van der Waals surface area (Å²) in [5, 5.41) is 7.06. The molecule has 0 bridgehead atoms. The summed E-state index contributed by atoms with van der Waals surface area (Å²) in [6.45, 7) is 7.01. The summed E-state index contributed by atoms with van der Waals surface area (Å²) in [6.07, 6.45) is 4.81. The van der Waals surface area contributed by atoms with Crippen molar-refractivity contribution in [2.24, 2.45) is 0 Å². The zero-order valence-corrected chi connectivity index (χ0v) is 13.6. The third-order valence-corrected chi connectivity index (χ3v) is 4.09. The van der Waals surface area contributed by atoms with Crippen LogP contribution >= 0.6 is 12.2 Å². The minimum Gasteiger partial charge on any atom is -0.312 e. The third kappa shape index (κ3) is 3.15. The van der Waals surface area contributed by atoms with E-state index in [0.717, 1.165) is 25.8 Å². The molecule has 2 heterocycles. The molecule has 1 N–H and O–H groups in total. The van der Waals surface area contributed by atoms with Crippen LogP contribution in [0.1, 0.15) is 46.1 Å². The molecule has 0 aliphatic rings. The fraction of sp³-hybridized carbons (Fsp3) is 0.533. The maximum atomic E-state index is 12.7. The number of rotatable bonds is 6. The van der Waals surface area contributed by atoms with E-state index < -0.39 is 0 Å². The van der Waals surface area contributed by atoms with Gasteiger partial charge in [0.25, 0.3) is 5.56 Å². The average molecular weight is 306 g/mol. The van der Waals surface area contributed by atoms with Crippen molar-refractivity contribution in [1.82, 2.24) is 19.3 Å². The number of hydrogen-bond acceptors (Lipinski definition) is 3. The predicted molar refractivity (Wildman–Crippen MR) is 87.0 cm³/mol. The van der Waals surface area contributed by atoms with Crippen LogP contribution in [0.2, 0.25) is 0 Å². The lowest BCUT2D eigenvalue weighted by atomic mass is 10.2. The van der Waals surface area contributed by atoms with Crippen molar-refractivity contribution in [3.8, 4) is 11.4 Å². The molecule has 1 atom stereocenters. The smallest absolute Gasteiger partial charge is 0.261 e. The Bertz CT molecular complexity index is 713. The molecule has 0 aliphatic heterocycles. The van der Waals surface area contributed by atoms with Crippen LogP contribution in [0.4, 0.5) is 0 Å². The highest BCUT2D eigenvalue weighted by Gasteiger charge is 2.15. The third-order valence-electron chi connectivity index (χ3n) is 3.77. The monoisotopic (exact) mass is 306 g/mol. The van der Waals surface area contributed by atoms with E-state index >= 15 is 0 Å². The standard InChI is InChI=1S/C15H22N4OS/c1-4-6-9-19-13(16-17-15(19)21)12-8-7-10-18(14(12)20)11(3)5-2/h7-8,10-11H,4-6,9H2,1-3H3,(H,17,21). The molecule has 2 rings (SSSR count). The van der Waals surface area contributed by atoms with E-state index in [0.29, 0.717) is 16.2 Å². The first-order valence-corrected chi connectivity index (χ1v) is 7.87. The summed E-state index contributed by atoms with van der Waals surface area (Å²) in [5.41, 5.74) is 0.583. The largest absolute Gasteiger partial charge is 0.312 e. The SMILES string of the molecule is CCCCn1c(-c2cccn(C(C)CC)c2=O)n[nH]c1=S. The van der Waals surface area contributed by atoms with Gasteiger partial charge in [-0.25, -0.2) is 0 Å². The molecular weight excluding hydrogens is 284 g/mol. The summed E-state index contributed by atoms with van der Waals surface area (Å²) in [4.78, 5) is 12.7. The zero-order chi connectivity index (χ0) is 15.4. The van der Waals surface area contributed by atoms with Gasteiger partial charge in [-0.3, -0.25) is 9.89 Å². The zero-order valence-electron chi connectivity index (χ0n) is 12.8. The van der Waals surface area contributed by atoms with E-state index in [9.17, 15) is 4.79 Å². The molecule has 0 aliphatic carbocycles. The minimum atomic E-state index is -0.0152. The van der Waals surface area contributed by atoms with Gasteiger partial charge >= 0.3 is 0 Å². The van der Waals surface area contributed by atoms with Crippen LogP contribution in [0.15, 0.2) is 23.1 Å². The maximum absolute atomic E-state index is 12.7. The summed E-state index contributed by atoms with van der Waals surface area (Å²) in [7, 11) is 0. The number of H-pyrrole nitrogens is 1. The number of aromatic nitrogens is 4. The topological polar surface area (TPSA) is 55.6 Å². The first kappa shape index (κ1) is 15.7. The summed E-state index contributed by atoms with van der Waals surface area (Å²) in [6, 6.07) is 3.88. The van der Waals surface area contributed by atoms with E-state index in [4.69, 9.17) is 12.2 Å². The Morgan fingerprint density at radius 2 is 2.19 bits per heavy atom. The number of hydrogen-bond donors (Lipinski definition) is 1. The molecule has 114 valence electrons. The van der Waals surface area contributed by atoms with Crippen LogP contribution in [0.25, 0.3) is 11.4 Å². The van der Waals surface area contributed by atoms with Gasteiger partial charge in [0.15, 0.2) is 10.6 Å². The van der Waals surface area contributed by atoms with Gasteiger partial charge in [0.05, 0.1) is 5.56 Å². The Kier molecular flexibility index (Phi) is 5.12. The molecule has 0 aromatic carbocycles. The maximum Gasteiger partial charge on any atom is 0.261 e. The van der Waals surface area contributed by atoms with Crippen molar-refractivity contribution < 1.29 is 0 Å². The fourth-order valence-electron chi connectivity index (χ4n) is 2.27. The second kappa shape index (κ2) is 6.85. The highest BCUT2D eigenvalue weighted by molar-refractivity contribution is 7.71. The Morgan fingerprint density at radius 3 is 2.86 bits per heavy atom. The molecule has 0 radical (unpaired) electrons. The van der Waals surface area contributed by atoms with Crippen LogP contribution in [-0.2, 0) is 6.54 Å². The van der Waals surface area contributed by atoms with Crippen LogP contribution in [0, 0.1) is 4.77 Å². The molecule has 0 amide bonds. The predicted octanol–water partition coefficient (Wildman–Crippen LogP) is 3.54. The van der Waals surface area contributed by atoms with E-state index in [2.05, 4.69) is 24.0 Å². The number of nitrogens with one attached hydrogen (secondary N) is 1. The van der Waals surface area contributed by atoms with E-state index in [1.54, 1.807) is 4.57 Å². The van der Waals surface area contributed by atoms with Crippen molar-refractivity contribution >= 4 is 12.2 Å². The van der Waals surface area contributed by atoms with Crippen molar-refractivity contribution in [3.63, 3.8) is 0 Å². The average Bonchev–Trinajstić information content (AvgIpc) is 2.85. The van der Waals surface area contributed by atoms with Crippen molar-refractivity contribution in [3.05, 3.63) is 33.5 Å². The Morgan fingerprint density at radius 1 is 1.43 bits per heavy atom. The molecule has 2 aromatic heterocycles. The molecule has 0 saturated heterocycles. The van der Waals surface area contributed by atoms with Gasteiger partial charge in [-0.15, -0.1) is 0 Å². The number of unbranched alkanes of at least 4 members (excludes halogenated alkanes) is 1. The molecular formula is C15H22N4OS. The van der Waals surface area contributed by atoms with E-state index in [1.807, 2.05) is 29.8 Å². The van der Waals surface area contributed by atoms with Crippen LogP contribution < -0.4 is 5.56 Å². The lowest BCUT2D eigenvalue weighted by molar-refractivity contribution is 0.514. The summed E-state index contributed by atoms with van der Waals surface area (Å²) in [5.74, 6) is 0.635. The number of pyridine rings is 1. The van der Waals surface area contributed by atoms with Gasteiger partial charge in [0, 0.05) is 18.8 Å². The Hall–Kier alpha value is -1.69. The van der Waals surface area contributed by atoms with E-state index in [-0.39, 0.29) is 11.6 Å². The van der Waals surface area contributed by atoms with E-state index in [1.165, 1.54) is 0 Å². The molecule has 2 aromatic rings.